The molecule has 0 saturated heterocycles. The molecule has 1 aliphatic rings. The summed E-state index contributed by atoms with van der Waals surface area (Å²) in [6.07, 6.45) is 1.06. The van der Waals surface area contributed by atoms with E-state index in [4.69, 9.17) is 4.74 Å². The van der Waals surface area contributed by atoms with Gasteiger partial charge >= 0.3 is 6.03 Å². The van der Waals surface area contributed by atoms with Gasteiger partial charge in [-0.2, -0.15) is 0 Å². The summed E-state index contributed by atoms with van der Waals surface area (Å²) in [5, 5.41) is 4.09. The fourth-order valence-corrected chi connectivity index (χ4v) is 1.26. The van der Waals surface area contributed by atoms with Gasteiger partial charge in [0.25, 0.3) is 5.91 Å². The van der Waals surface area contributed by atoms with Gasteiger partial charge in [0.2, 0.25) is 12.6 Å². The summed E-state index contributed by atoms with van der Waals surface area (Å²) in [5.41, 5.74) is 0.00164. The number of anilines is 1. The maximum absolute atomic E-state index is 12.9. The quantitative estimate of drug-likeness (QED) is 0.853. The third-order valence-electron chi connectivity index (χ3n) is 2.10. The molecule has 0 spiro atoms. The molecular weight excluding hydrogens is 262 g/mol. The molecule has 1 heterocycles. The first-order valence-electron chi connectivity index (χ1n) is 5.08. The zero-order chi connectivity index (χ0) is 13.8. The molecule has 1 aromatic carbocycles. The summed E-state index contributed by atoms with van der Waals surface area (Å²) in [7, 11) is 0. The molecule has 1 aromatic rings. The van der Waals surface area contributed by atoms with Gasteiger partial charge in [-0.3, -0.25) is 10.1 Å². The molecule has 8 heteroatoms. The van der Waals surface area contributed by atoms with Crippen molar-refractivity contribution in [3.63, 3.8) is 0 Å². The first-order chi connectivity index (χ1) is 9.06. The Hall–Kier alpha value is -2.64. The minimum atomic E-state index is -1.11. The van der Waals surface area contributed by atoms with E-state index in [9.17, 15) is 18.4 Å². The number of amides is 3. The highest BCUT2D eigenvalue weighted by molar-refractivity contribution is 6.06. The number of halogens is 2. The van der Waals surface area contributed by atoms with E-state index in [0.717, 1.165) is 24.5 Å². The monoisotopic (exact) mass is 270 g/mol. The molecule has 0 aromatic heterocycles. The molecule has 0 unspecified atom stereocenters. The highest BCUT2D eigenvalue weighted by Gasteiger charge is 2.18. The van der Waals surface area contributed by atoms with E-state index < -0.39 is 23.6 Å². The number of hydrogen-bond acceptors (Lipinski definition) is 4. The topological polar surface area (TPSA) is 76.7 Å². The minimum Gasteiger partial charge on any atom is -0.461 e. The van der Waals surface area contributed by atoms with Crippen molar-refractivity contribution in [2.45, 2.75) is 0 Å². The summed E-state index contributed by atoms with van der Waals surface area (Å²) in [4.78, 5) is 22.8. The summed E-state index contributed by atoms with van der Waals surface area (Å²) in [6, 6.07) is 1.88. The Morgan fingerprint density at radius 3 is 2.63 bits per heavy atom. The van der Waals surface area contributed by atoms with E-state index >= 15 is 0 Å². The zero-order valence-electron chi connectivity index (χ0n) is 9.41. The number of ether oxygens (including phenoxy) is 2. The fourth-order valence-electron chi connectivity index (χ4n) is 1.26. The van der Waals surface area contributed by atoms with Gasteiger partial charge in [0.1, 0.15) is 6.26 Å². The van der Waals surface area contributed by atoms with Gasteiger partial charge < -0.3 is 14.8 Å². The van der Waals surface area contributed by atoms with E-state index in [2.05, 4.69) is 10.1 Å². The molecule has 0 aliphatic carbocycles. The normalized spacial score (nSPS) is 13.1. The van der Waals surface area contributed by atoms with Crippen LogP contribution in [0.25, 0.3) is 0 Å². The summed E-state index contributed by atoms with van der Waals surface area (Å²) < 4.78 is 34.9. The van der Waals surface area contributed by atoms with Crippen LogP contribution in [-0.2, 0) is 14.3 Å². The molecular formula is C11H8F2N2O4. The fraction of sp³-hybridized carbons (Fsp3) is 0.0909. The van der Waals surface area contributed by atoms with Crippen molar-refractivity contribution in [1.29, 1.82) is 0 Å². The van der Waals surface area contributed by atoms with Crippen LogP contribution in [0.5, 0.6) is 0 Å². The highest BCUT2D eigenvalue weighted by Crippen LogP contribution is 2.13. The Balaban J connectivity index is 1.93. The van der Waals surface area contributed by atoms with Crippen molar-refractivity contribution in [2.75, 3.05) is 12.1 Å². The summed E-state index contributed by atoms with van der Waals surface area (Å²) in [5.74, 6) is -3.11. The second kappa shape index (κ2) is 5.34. The number of urea groups is 1. The largest absolute Gasteiger partial charge is 0.461 e. The summed E-state index contributed by atoms with van der Waals surface area (Å²) in [6.45, 7) is -0.104. The maximum atomic E-state index is 12.9. The summed E-state index contributed by atoms with van der Waals surface area (Å²) >= 11 is 0. The van der Waals surface area contributed by atoms with Crippen molar-refractivity contribution in [3.8, 4) is 0 Å². The molecule has 19 heavy (non-hydrogen) atoms. The van der Waals surface area contributed by atoms with E-state index in [1.165, 1.54) is 0 Å². The number of carbonyl (C=O) groups excluding carboxylic acids is 2. The molecule has 0 fully saturated rings. The lowest BCUT2D eigenvalue weighted by Crippen LogP contribution is -2.35. The average Bonchev–Trinajstić information content (AvgIpc) is 2.87. The standard InChI is InChI=1S/C11H8F2N2O4/c12-7-2-1-6(3-8(7)13)14-11(17)15-10(16)9-4-18-5-19-9/h1-4H,5H2,(H2,14,15,16,17). The lowest BCUT2D eigenvalue weighted by atomic mass is 10.3. The van der Waals surface area contributed by atoms with E-state index in [1.54, 1.807) is 0 Å². The minimum absolute atomic E-state index is 0.00164. The van der Waals surface area contributed by atoms with Gasteiger partial charge in [-0.05, 0) is 12.1 Å². The van der Waals surface area contributed by atoms with Crippen molar-refractivity contribution >= 4 is 17.6 Å². The Bertz CT molecular complexity index is 560. The lowest BCUT2D eigenvalue weighted by Gasteiger charge is -2.06. The second-order valence-electron chi connectivity index (χ2n) is 3.45. The Morgan fingerprint density at radius 1 is 1.21 bits per heavy atom. The van der Waals surface area contributed by atoms with Crippen molar-refractivity contribution < 1.29 is 27.8 Å². The van der Waals surface area contributed by atoms with Gasteiger partial charge in [0.05, 0.1) is 0 Å². The molecule has 100 valence electrons. The van der Waals surface area contributed by atoms with Gasteiger partial charge in [-0.25, -0.2) is 13.6 Å². The van der Waals surface area contributed by atoms with Crippen molar-refractivity contribution in [2.24, 2.45) is 0 Å². The number of imide groups is 1. The van der Waals surface area contributed by atoms with Crippen LogP contribution in [0.15, 0.2) is 30.2 Å². The highest BCUT2D eigenvalue weighted by atomic mass is 19.2. The lowest BCUT2D eigenvalue weighted by molar-refractivity contribution is -0.119. The molecule has 3 amide bonds. The van der Waals surface area contributed by atoms with Crippen LogP contribution in [0, 0.1) is 11.6 Å². The smallest absolute Gasteiger partial charge is 0.326 e. The third-order valence-corrected chi connectivity index (χ3v) is 2.10. The van der Waals surface area contributed by atoms with Crippen LogP contribution in [0.2, 0.25) is 0 Å². The van der Waals surface area contributed by atoms with Crippen LogP contribution in [0.4, 0.5) is 19.3 Å². The maximum Gasteiger partial charge on any atom is 0.326 e. The molecule has 6 nitrogen and oxygen atoms in total. The SMILES string of the molecule is O=C(NC(=O)C1=COCO1)Nc1ccc(F)c(F)c1. The van der Waals surface area contributed by atoms with Gasteiger partial charge in [-0.15, -0.1) is 0 Å². The Morgan fingerprint density at radius 2 is 2.00 bits per heavy atom. The first kappa shape index (κ1) is 12.8. The van der Waals surface area contributed by atoms with Crippen molar-refractivity contribution in [3.05, 3.63) is 41.9 Å². The molecule has 2 N–H and O–H groups in total. The number of hydrogen-bond donors (Lipinski definition) is 2. The molecule has 0 atom stereocenters. The number of rotatable bonds is 2. The second-order valence-corrected chi connectivity index (χ2v) is 3.45. The predicted molar refractivity (Wildman–Crippen MR) is 58.6 cm³/mol. The Kier molecular flexibility index (Phi) is 3.60. The van der Waals surface area contributed by atoms with Gasteiger partial charge in [0.15, 0.2) is 11.6 Å². The van der Waals surface area contributed by atoms with Gasteiger partial charge in [-0.1, -0.05) is 0 Å². The van der Waals surface area contributed by atoms with Gasteiger partial charge in [0, 0.05) is 11.8 Å². The number of benzene rings is 1. The van der Waals surface area contributed by atoms with Crippen LogP contribution in [0.1, 0.15) is 0 Å². The molecule has 0 radical (unpaired) electrons. The van der Waals surface area contributed by atoms with E-state index in [1.807, 2.05) is 5.32 Å². The zero-order valence-corrected chi connectivity index (χ0v) is 9.41. The van der Waals surface area contributed by atoms with Crippen LogP contribution in [-0.4, -0.2) is 18.7 Å². The Labute approximate surface area is 106 Å². The number of nitrogens with one attached hydrogen (secondary N) is 2. The third kappa shape index (κ3) is 3.18. The van der Waals surface area contributed by atoms with Crippen LogP contribution >= 0.6 is 0 Å². The van der Waals surface area contributed by atoms with Crippen LogP contribution < -0.4 is 10.6 Å². The average molecular weight is 270 g/mol. The van der Waals surface area contributed by atoms with Crippen molar-refractivity contribution in [1.82, 2.24) is 5.32 Å². The molecule has 0 saturated carbocycles. The number of carbonyl (C=O) groups is 2. The molecule has 0 bridgehead atoms. The predicted octanol–water partition coefficient (Wildman–Crippen LogP) is 1.46. The van der Waals surface area contributed by atoms with E-state index in [0.29, 0.717) is 0 Å². The molecule has 2 rings (SSSR count). The molecule has 1 aliphatic heterocycles. The van der Waals surface area contributed by atoms with E-state index in [-0.39, 0.29) is 18.2 Å². The first-order valence-corrected chi connectivity index (χ1v) is 5.08. The van der Waals surface area contributed by atoms with Crippen LogP contribution in [0.3, 0.4) is 0 Å².